The summed E-state index contributed by atoms with van der Waals surface area (Å²) in [7, 11) is 0. The Morgan fingerprint density at radius 2 is 1.85 bits per heavy atom. The lowest BCUT2D eigenvalue weighted by atomic mass is 10.3. The lowest BCUT2D eigenvalue weighted by molar-refractivity contribution is -0.396. The van der Waals surface area contributed by atoms with Gasteiger partial charge in [-0.05, 0) is 30.0 Å². The van der Waals surface area contributed by atoms with Gasteiger partial charge in [0.05, 0.1) is 20.8 Å². The molecular formula is C11H6N2O6S. The Hall–Kier alpha value is -2.68. The Morgan fingerprint density at radius 3 is 2.40 bits per heavy atom. The summed E-state index contributed by atoms with van der Waals surface area (Å²) in [6.45, 7) is 0. The summed E-state index contributed by atoms with van der Waals surface area (Å²) in [5.74, 6) is 0.0945. The number of benzene rings is 1. The Morgan fingerprint density at radius 1 is 1.10 bits per heavy atom. The van der Waals surface area contributed by atoms with Crippen LogP contribution in [0.1, 0.15) is 10.6 Å². The van der Waals surface area contributed by atoms with Crippen molar-refractivity contribution in [2.24, 2.45) is 0 Å². The summed E-state index contributed by atoms with van der Waals surface area (Å²) >= 11 is 0.909. The first kappa shape index (κ1) is 13.7. The van der Waals surface area contributed by atoms with E-state index in [0.717, 1.165) is 17.8 Å². The molecule has 2 aromatic rings. The molecule has 9 heteroatoms. The zero-order valence-electron chi connectivity index (χ0n) is 9.72. The second kappa shape index (κ2) is 5.53. The van der Waals surface area contributed by atoms with Gasteiger partial charge in [-0.25, -0.2) is 0 Å². The highest BCUT2D eigenvalue weighted by Gasteiger charge is 2.21. The van der Waals surface area contributed by atoms with E-state index in [2.05, 4.69) is 0 Å². The molecule has 0 aliphatic heterocycles. The van der Waals surface area contributed by atoms with Crippen LogP contribution in [-0.4, -0.2) is 16.1 Å². The van der Waals surface area contributed by atoms with Crippen molar-refractivity contribution in [1.29, 1.82) is 0 Å². The quantitative estimate of drug-likeness (QED) is 0.472. The lowest BCUT2D eigenvalue weighted by Crippen LogP contribution is -1.94. The SMILES string of the molecule is O=Cc1ccc(Sc2ccc([N+](=O)[O-])cc2[N+](=O)[O-])o1. The monoisotopic (exact) mass is 294 g/mol. The van der Waals surface area contributed by atoms with Crippen LogP contribution >= 0.6 is 11.8 Å². The number of rotatable bonds is 5. The molecule has 1 aromatic heterocycles. The third kappa shape index (κ3) is 2.83. The largest absolute Gasteiger partial charge is 0.447 e. The van der Waals surface area contributed by atoms with E-state index in [1.54, 1.807) is 0 Å². The van der Waals surface area contributed by atoms with E-state index in [1.165, 1.54) is 24.3 Å². The third-order valence-corrected chi connectivity index (χ3v) is 3.26. The van der Waals surface area contributed by atoms with E-state index in [9.17, 15) is 25.0 Å². The number of nitro groups is 2. The molecule has 0 atom stereocenters. The van der Waals surface area contributed by atoms with E-state index >= 15 is 0 Å². The number of carbonyl (C=O) groups excluding carboxylic acids is 1. The molecule has 0 unspecified atom stereocenters. The Balaban J connectivity index is 2.37. The number of nitro benzene ring substituents is 2. The van der Waals surface area contributed by atoms with Gasteiger partial charge in [0.2, 0.25) is 0 Å². The van der Waals surface area contributed by atoms with Gasteiger partial charge in [-0.1, -0.05) is 0 Å². The van der Waals surface area contributed by atoms with Crippen molar-refractivity contribution in [1.82, 2.24) is 0 Å². The average molecular weight is 294 g/mol. The molecule has 0 saturated heterocycles. The number of hydrogen-bond donors (Lipinski definition) is 0. The molecule has 1 heterocycles. The molecule has 8 nitrogen and oxygen atoms in total. The highest BCUT2D eigenvalue weighted by Crippen LogP contribution is 2.37. The molecule has 0 fully saturated rings. The first-order valence-electron chi connectivity index (χ1n) is 5.17. The van der Waals surface area contributed by atoms with E-state index in [1.807, 2.05) is 0 Å². The number of aldehydes is 1. The highest BCUT2D eigenvalue weighted by molar-refractivity contribution is 7.99. The summed E-state index contributed by atoms with van der Waals surface area (Å²) in [5, 5.41) is 21.8. The molecule has 0 aliphatic carbocycles. The van der Waals surface area contributed by atoms with Crippen LogP contribution in [-0.2, 0) is 0 Å². The van der Waals surface area contributed by atoms with Crippen LogP contribution in [0.4, 0.5) is 11.4 Å². The molecule has 0 amide bonds. The Kier molecular flexibility index (Phi) is 3.80. The van der Waals surface area contributed by atoms with Gasteiger partial charge in [0.25, 0.3) is 11.4 Å². The van der Waals surface area contributed by atoms with Crippen molar-refractivity contribution < 1.29 is 19.1 Å². The third-order valence-electron chi connectivity index (χ3n) is 2.28. The second-order valence-corrected chi connectivity index (χ2v) is 4.59. The fraction of sp³-hybridized carbons (Fsp3) is 0. The zero-order chi connectivity index (χ0) is 14.7. The van der Waals surface area contributed by atoms with Gasteiger partial charge in [0.1, 0.15) is 0 Å². The van der Waals surface area contributed by atoms with Crippen LogP contribution in [0.15, 0.2) is 44.7 Å². The van der Waals surface area contributed by atoms with Crippen molar-refractivity contribution in [2.75, 3.05) is 0 Å². The van der Waals surface area contributed by atoms with Crippen molar-refractivity contribution in [3.05, 3.63) is 56.3 Å². The van der Waals surface area contributed by atoms with Crippen molar-refractivity contribution >= 4 is 29.4 Å². The van der Waals surface area contributed by atoms with Gasteiger partial charge in [-0.15, -0.1) is 0 Å². The number of carbonyl (C=O) groups is 1. The highest BCUT2D eigenvalue weighted by atomic mass is 32.2. The number of hydrogen-bond acceptors (Lipinski definition) is 7. The van der Waals surface area contributed by atoms with Crippen LogP contribution < -0.4 is 0 Å². The van der Waals surface area contributed by atoms with E-state index in [0.29, 0.717) is 6.29 Å². The number of furan rings is 1. The fourth-order valence-corrected chi connectivity index (χ4v) is 2.27. The van der Waals surface area contributed by atoms with Gasteiger partial charge in [0, 0.05) is 6.07 Å². The molecule has 0 bridgehead atoms. The first-order valence-corrected chi connectivity index (χ1v) is 5.98. The number of non-ortho nitro benzene ring substituents is 1. The molecule has 20 heavy (non-hydrogen) atoms. The van der Waals surface area contributed by atoms with Gasteiger partial charge in [0.15, 0.2) is 17.1 Å². The maximum Gasteiger partial charge on any atom is 0.290 e. The molecule has 102 valence electrons. The van der Waals surface area contributed by atoms with E-state index in [-0.39, 0.29) is 21.4 Å². The maximum atomic E-state index is 10.9. The minimum absolute atomic E-state index is 0.0945. The minimum atomic E-state index is -0.709. The molecule has 1 aromatic carbocycles. The summed E-state index contributed by atoms with van der Waals surface area (Å²) in [6, 6.07) is 6.22. The molecule has 0 spiro atoms. The maximum absolute atomic E-state index is 10.9. The fourth-order valence-electron chi connectivity index (χ4n) is 1.41. The Bertz CT molecular complexity index is 696. The topological polar surface area (TPSA) is 116 Å². The Labute approximate surface area is 115 Å². The smallest absolute Gasteiger partial charge is 0.290 e. The molecule has 2 rings (SSSR count). The van der Waals surface area contributed by atoms with Crippen LogP contribution in [0, 0.1) is 20.2 Å². The van der Waals surface area contributed by atoms with Gasteiger partial charge < -0.3 is 4.42 Å². The normalized spacial score (nSPS) is 10.2. The van der Waals surface area contributed by atoms with Crippen LogP contribution in [0.5, 0.6) is 0 Å². The summed E-state index contributed by atoms with van der Waals surface area (Å²) in [4.78, 5) is 30.8. The van der Waals surface area contributed by atoms with E-state index in [4.69, 9.17) is 4.42 Å². The second-order valence-electron chi connectivity index (χ2n) is 3.54. The zero-order valence-corrected chi connectivity index (χ0v) is 10.5. The van der Waals surface area contributed by atoms with E-state index < -0.39 is 15.5 Å². The van der Waals surface area contributed by atoms with Gasteiger partial charge in [-0.3, -0.25) is 25.0 Å². The van der Waals surface area contributed by atoms with Crippen LogP contribution in [0.3, 0.4) is 0 Å². The van der Waals surface area contributed by atoms with Gasteiger partial charge in [-0.2, -0.15) is 0 Å². The molecule has 0 N–H and O–H groups in total. The standard InChI is InChI=1S/C11H6N2O6S/c14-6-8-2-4-11(19-8)20-10-3-1-7(12(15)16)5-9(10)13(17)18/h1-6H. The molecule has 0 radical (unpaired) electrons. The molecule has 0 aliphatic rings. The predicted molar refractivity (Wildman–Crippen MR) is 68.0 cm³/mol. The minimum Gasteiger partial charge on any atom is -0.447 e. The van der Waals surface area contributed by atoms with Crippen LogP contribution in [0.25, 0.3) is 0 Å². The first-order chi connectivity index (χ1) is 9.51. The average Bonchev–Trinajstić information content (AvgIpc) is 2.86. The summed E-state index contributed by atoms with van der Waals surface area (Å²) in [6.07, 6.45) is 0.508. The van der Waals surface area contributed by atoms with Crippen molar-refractivity contribution in [3.63, 3.8) is 0 Å². The number of nitrogens with zero attached hydrogens (tertiary/aromatic N) is 2. The lowest BCUT2D eigenvalue weighted by Gasteiger charge is -2.00. The van der Waals surface area contributed by atoms with Crippen LogP contribution in [0.2, 0.25) is 0 Å². The summed E-state index contributed by atoms with van der Waals surface area (Å²) < 4.78 is 5.09. The van der Waals surface area contributed by atoms with Crippen molar-refractivity contribution in [2.45, 2.75) is 9.99 Å². The molecular weight excluding hydrogens is 288 g/mol. The predicted octanol–water partition coefficient (Wildman–Crippen LogP) is 3.06. The summed E-state index contributed by atoms with van der Waals surface area (Å²) in [5.41, 5.74) is -0.762. The van der Waals surface area contributed by atoms with Gasteiger partial charge >= 0.3 is 0 Å². The van der Waals surface area contributed by atoms with Crippen molar-refractivity contribution in [3.8, 4) is 0 Å². The molecule has 0 saturated carbocycles.